The number of aromatic nitrogens is 1. The maximum atomic E-state index is 13.8. The van der Waals surface area contributed by atoms with Crippen LogP contribution in [0.3, 0.4) is 0 Å². The third-order valence-corrected chi connectivity index (χ3v) is 4.57. The molecule has 0 atom stereocenters. The van der Waals surface area contributed by atoms with Crippen molar-refractivity contribution in [3.05, 3.63) is 68.3 Å². The topological polar surface area (TPSA) is 94.4 Å². The molecule has 7 nitrogen and oxygen atoms in total. The van der Waals surface area contributed by atoms with Gasteiger partial charge in [-0.3, -0.25) is 20.2 Å². The van der Waals surface area contributed by atoms with Gasteiger partial charge in [0.05, 0.1) is 17.7 Å². The number of carbonyl (C=O) groups excluding carboxylic acids is 1. The lowest BCUT2D eigenvalue weighted by atomic mass is 10.1. The van der Waals surface area contributed by atoms with Crippen molar-refractivity contribution in [2.45, 2.75) is 0 Å². The SMILES string of the molecule is COc1ccc(-c2csc(NC(=O)c3ccc(Cl)cc3[N+](=O)[O-])n2)cc1F. The molecule has 1 N–H and O–H groups in total. The van der Waals surface area contributed by atoms with Gasteiger partial charge in [0.25, 0.3) is 11.6 Å². The van der Waals surface area contributed by atoms with Gasteiger partial charge in [-0.05, 0) is 30.3 Å². The Hall–Kier alpha value is -3.04. The molecule has 0 aliphatic heterocycles. The van der Waals surface area contributed by atoms with Crippen LogP contribution in [0.25, 0.3) is 11.3 Å². The van der Waals surface area contributed by atoms with Gasteiger partial charge in [0.2, 0.25) is 0 Å². The summed E-state index contributed by atoms with van der Waals surface area (Å²) in [5.41, 5.74) is 0.399. The predicted octanol–water partition coefficient (Wildman–Crippen LogP) is 4.77. The Bertz CT molecular complexity index is 1040. The summed E-state index contributed by atoms with van der Waals surface area (Å²) < 4.78 is 18.7. The second-order valence-corrected chi connectivity index (χ2v) is 6.55. The van der Waals surface area contributed by atoms with E-state index in [-0.39, 0.29) is 21.5 Å². The van der Waals surface area contributed by atoms with Crippen molar-refractivity contribution in [3.63, 3.8) is 0 Å². The highest BCUT2D eigenvalue weighted by molar-refractivity contribution is 7.14. The molecule has 0 aliphatic rings. The summed E-state index contributed by atoms with van der Waals surface area (Å²) in [6.07, 6.45) is 0. The van der Waals surface area contributed by atoms with Gasteiger partial charge in [0.15, 0.2) is 16.7 Å². The number of amides is 1. The van der Waals surface area contributed by atoms with E-state index in [0.717, 1.165) is 17.4 Å². The molecule has 0 fully saturated rings. The van der Waals surface area contributed by atoms with Gasteiger partial charge in [-0.1, -0.05) is 11.6 Å². The molecule has 1 aromatic heterocycles. The first kappa shape index (κ1) is 18.7. The summed E-state index contributed by atoms with van der Waals surface area (Å²) in [6, 6.07) is 8.12. The van der Waals surface area contributed by atoms with Crippen molar-refractivity contribution < 1.29 is 18.8 Å². The summed E-state index contributed by atoms with van der Waals surface area (Å²) >= 11 is 6.85. The second-order valence-electron chi connectivity index (χ2n) is 5.26. The number of rotatable bonds is 5. The highest BCUT2D eigenvalue weighted by Gasteiger charge is 2.21. The number of thiazole rings is 1. The zero-order valence-electron chi connectivity index (χ0n) is 13.7. The molecule has 0 saturated heterocycles. The third kappa shape index (κ3) is 4.04. The van der Waals surface area contributed by atoms with Gasteiger partial charge >= 0.3 is 0 Å². The van der Waals surface area contributed by atoms with E-state index < -0.39 is 22.3 Å². The van der Waals surface area contributed by atoms with E-state index in [9.17, 15) is 19.3 Å². The summed E-state index contributed by atoms with van der Waals surface area (Å²) in [6.45, 7) is 0. The molecule has 1 heterocycles. The molecular weight excluding hydrogens is 397 g/mol. The van der Waals surface area contributed by atoms with Crippen LogP contribution in [-0.2, 0) is 0 Å². The largest absolute Gasteiger partial charge is 0.494 e. The molecule has 0 unspecified atom stereocenters. The molecule has 0 saturated carbocycles. The van der Waals surface area contributed by atoms with Crippen molar-refractivity contribution in [1.82, 2.24) is 4.98 Å². The molecule has 3 rings (SSSR count). The van der Waals surface area contributed by atoms with Crippen LogP contribution in [0.4, 0.5) is 15.2 Å². The minimum absolute atomic E-state index is 0.109. The number of nitrogens with one attached hydrogen (secondary N) is 1. The quantitative estimate of drug-likeness (QED) is 0.485. The summed E-state index contributed by atoms with van der Waals surface area (Å²) in [7, 11) is 1.37. The zero-order valence-corrected chi connectivity index (χ0v) is 15.3. The van der Waals surface area contributed by atoms with Crippen molar-refractivity contribution in [2.75, 3.05) is 12.4 Å². The molecule has 27 heavy (non-hydrogen) atoms. The second kappa shape index (κ2) is 7.68. The number of methoxy groups -OCH3 is 1. The van der Waals surface area contributed by atoms with E-state index in [1.54, 1.807) is 11.4 Å². The molecule has 1 amide bonds. The number of carbonyl (C=O) groups is 1. The number of anilines is 1. The number of nitrogens with zero attached hydrogens (tertiary/aromatic N) is 2. The van der Waals surface area contributed by atoms with Gasteiger partial charge in [-0.15, -0.1) is 11.3 Å². The number of hydrogen-bond donors (Lipinski definition) is 1. The smallest absolute Gasteiger partial charge is 0.283 e. The lowest BCUT2D eigenvalue weighted by Gasteiger charge is -2.04. The molecule has 10 heteroatoms. The highest BCUT2D eigenvalue weighted by Crippen LogP contribution is 2.29. The molecule has 0 spiro atoms. The molecule has 0 bridgehead atoms. The van der Waals surface area contributed by atoms with Gasteiger partial charge < -0.3 is 4.74 Å². The molecular formula is C17H11ClFN3O4S. The number of halogens is 2. The molecule has 2 aromatic carbocycles. The van der Waals surface area contributed by atoms with Crippen LogP contribution >= 0.6 is 22.9 Å². The lowest BCUT2D eigenvalue weighted by Crippen LogP contribution is -2.13. The molecule has 0 aliphatic carbocycles. The molecule has 3 aromatic rings. The van der Waals surface area contributed by atoms with Crippen molar-refractivity contribution in [1.29, 1.82) is 0 Å². The number of hydrogen-bond acceptors (Lipinski definition) is 6. The zero-order chi connectivity index (χ0) is 19.6. The van der Waals surface area contributed by atoms with E-state index in [1.165, 1.54) is 31.4 Å². The number of benzene rings is 2. The van der Waals surface area contributed by atoms with Crippen LogP contribution in [0.5, 0.6) is 5.75 Å². The number of nitro benzene ring substituents is 1. The summed E-state index contributed by atoms with van der Waals surface area (Å²) in [4.78, 5) is 27.0. The van der Waals surface area contributed by atoms with E-state index in [4.69, 9.17) is 16.3 Å². The summed E-state index contributed by atoms with van der Waals surface area (Å²) in [5, 5.41) is 15.6. The van der Waals surface area contributed by atoms with E-state index in [0.29, 0.717) is 11.3 Å². The lowest BCUT2D eigenvalue weighted by molar-refractivity contribution is -0.385. The van der Waals surface area contributed by atoms with Gasteiger partial charge in [0.1, 0.15) is 5.56 Å². The fourth-order valence-corrected chi connectivity index (χ4v) is 3.18. The number of nitro groups is 1. The van der Waals surface area contributed by atoms with Crippen molar-refractivity contribution in [3.8, 4) is 17.0 Å². The maximum absolute atomic E-state index is 13.8. The first-order valence-electron chi connectivity index (χ1n) is 7.43. The molecule has 138 valence electrons. The minimum atomic E-state index is -0.694. The molecule has 0 radical (unpaired) electrons. The monoisotopic (exact) mass is 407 g/mol. The summed E-state index contributed by atoms with van der Waals surface area (Å²) in [5.74, 6) is -1.12. The van der Waals surface area contributed by atoms with E-state index in [2.05, 4.69) is 10.3 Å². The average Bonchev–Trinajstić information content (AvgIpc) is 3.09. The number of ether oxygens (including phenoxy) is 1. The maximum Gasteiger partial charge on any atom is 0.283 e. The normalized spacial score (nSPS) is 10.5. The van der Waals surface area contributed by atoms with Crippen LogP contribution in [-0.4, -0.2) is 22.9 Å². The van der Waals surface area contributed by atoms with Crippen LogP contribution in [0, 0.1) is 15.9 Å². The fraction of sp³-hybridized carbons (Fsp3) is 0.0588. The Balaban J connectivity index is 1.83. The fourth-order valence-electron chi connectivity index (χ4n) is 2.30. The van der Waals surface area contributed by atoms with E-state index >= 15 is 0 Å². The Morgan fingerprint density at radius 2 is 2.11 bits per heavy atom. The minimum Gasteiger partial charge on any atom is -0.494 e. The van der Waals surface area contributed by atoms with Gasteiger partial charge in [-0.2, -0.15) is 0 Å². The Morgan fingerprint density at radius 1 is 1.33 bits per heavy atom. The van der Waals surface area contributed by atoms with Crippen molar-refractivity contribution >= 4 is 39.7 Å². The Labute approximate surface area is 161 Å². The Kier molecular flexibility index (Phi) is 5.33. The first-order chi connectivity index (χ1) is 12.9. The van der Waals surface area contributed by atoms with Crippen LogP contribution in [0.1, 0.15) is 10.4 Å². The highest BCUT2D eigenvalue weighted by atomic mass is 35.5. The van der Waals surface area contributed by atoms with Gasteiger partial charge in [-0.25, -0.2) is 9.37 Å². The van der Waals surface area contributed by atoms with Crippen LogP contribution in [0.15, 0.2) is 41.8 Å². The first-order valence-corrected chi connectivity index (χ1v) is 8.69. The Morgan fingerprint density at radius 3 is 2.78 bits per heavy atom. The van der Waals surface area contributed by atoms with Crippen LogP contribution in [0.2, 0.25) is 5.02 Å². The van der Waals surface area contributed by atoms with E-state index in [1.807, 2.05) is 0 Å². The predicted molar refractivity (Wildman–Crippen MR) is 100 cm³/mol. The van der Waals surface area contributed by atoms with Gasteiger partial charge in [0, 0.05) is 22.0 Å². The standard InChI is InChI=1S/C17H11ClFN3O4S/c1-26-15-5-2-9(6-12(15)19)13-8-27-17(20-13)21-16(23)11-4-3-10(18)7-14(11)22(24)25/h2-8H,1H3,(H,20,21,23). The van der Waals surface area contributed by atoms with Crippen molar-refractivity contribution in [2.24, 2.45) is 0 Å². The third-order valence-electron chi connectivity index (χ3n) is 3.57. The van der Waals surface area contributed by atoms with Crippen LogP contribution < -0.4 is 10.1 Å². The average molecular weight is 408 g/mol.